The summed E-state index contributed by atoms with van der Waals surface area (Å²) in [5, 5.41) is 3.11. The summed E-state index contributed by atoms with van der Waals surface area (Å²) in [6.45, 7) is 5.08. The standard InChI is InChI=1S/C16H21N3O2/c1-12(2)19-8-7-17-15(16(19)20)18-10-13-5-4-6-14(9-13)11-21-3/h4-9,12H,10-11H2,1-3H3,(H,17,18). The zero-order valence-corrected chi connectivity index (χ0v) is 12.7. The fourth-order valence-corrected chi connectivity index (χ4v) is 2.13. The number of hydrogen-bond acceptors (Lipinski definition) is 4. The number of ether oxygens (including phenoxy) is 1. The van der Waals surface area contributed by atoms with Crippen LogP contribution in [0.4, 0.5) is 5.82 Å². The van der Waals surface area contributed by atoms with Gasteiger partial charge >= 0.3 is 0 Å². The summed E-state index contributed by atoms with van der Waals surface area (Å²) in [5.41, 5.74) is 2.10. The van der Waals surface area contributed by atoms with Gasteiger partial charge in [0.15, 0.2) is 5.82 Å². The normalized spacial score (nSPS) is 10.9. The van der Waals surface area contributed by atoms with Crippen molar-refractivity contribution in [2.24, 2.45) is 0 Å². The van der Waals surface area contributed by atoms with Gasteiger partial charge in [-0.1, -0.05) is 24.3 Å². The Bertz CT molecular complexity index is 650. The molecular formula is C16H21N3O2. The van der Waals surface area contributed by atoms with Crippen LogP contribution >= 0.6 is 0 Å². The highest BCUT2D eigenvalue weighted by Crippen LogP contribution is 2.08. The molecule has 0 spiro atoms. The van der Waals surface area contributed by atoms with Gasteiger partial charge in [-0.05, 0) is 25.0 Å². The van der Waals surface area contributed by atoms with Gasteiger partial charge in [0.05, 0.1) is 6.61 Å². The molecule has 0 aliphatic rings. The minimum Gasteiger partial charge on any atom is -0.380 e. The third-order valence-electron chi connectivity index (χ3n) is 3.19. The van der Waals surface area contributed by atoms with E-state index in [4.69, 9.17) is 4.74 Å². The number of benzene rings is 1. The van der Waals surface area contributed by atoms with Crippen molar-refractivity contribution in [3.63, 3.8) is 0 Å². The van der Waals surface area contributed by atoms with Crippen LogP contribution in [0.1, 0.15) is 31.0 Å². The Labute approximate surface area is 124 Å². The van der Waals surface area contributed by atoms with Gasteiger partial charge < -0.3 is 14.6 Å². The lowest BCUT2D eigenvalue weighted by atomic mass is 10.1. The summed E-state index contributed by atoms with van der Waals surface area (Å²) in [6.07, 6.45) is 3.35. The molecule has 1 aromatic carbocycles. The molecular weight excluding hydrogens is 266 g/mol. The largest absolute Gasteiger partial charge is 0.380 e. The van der Waals surface area contributed by atoms with E-state index < -0.39 is 0 Å². The third-order valence-corrected chi connectivity index (χ3v) is 3.19. The molecule has 1 heterocycles. The smallest absolute Gasteiger partial charge is 0.293 e. The second kappa shape index (κ2) is 7.04. The lowest BCUT2D eigenvalue weighted by Gasteiger charge is -2.12. The Hall–Kier alpha value is -2.14. The van der Waals surface area contributed by atoms with Crippen molar-refractivity contribution in [2.45, 2.75) is 33.0 Å². The predicted octanol–water partition coefficient (Wildman–Crippen LogP) is 2.58. The number of methoxy groups -OCH3 is 1. The molecule has 5 heteroatoms. The van der Waals surface area contributed by atoms with E-state index in [1.807, 2.05) is 32.0 Å². The number of hydrogen-bond donors (Lipinski definition) is 1. The third kappa shape index (κ3) is 3.92. The molecule has 1 aromatic heterocycles. The molecule has 2 aromatic rings. The van der Waals surface area contributed by atoms with Gasteiger partial charge in [-0.25, -0.2) is 4.98 Å². The first-order chi connectivity index (χ1) is 10.1. The van der Waals surface area contributed by atoms with Gasteiger partial charge in [0.1, 0.15) is 0 Å². The van der Waals surface area contributed by atoms with Gasteiger partial charge in [-0.3, -0.25) is 4.79 Å². The molecule has 0 aliphatic heterocycles. The van der Waals surface area contributed by atoms with Crippen LogP contribution in [-0.2, 0) is 17.9 Å². The van der Waals surface area contributed by atoms with E-state index in [9.17, 15) is 4.79 Å². The second-order valence-electron chi connectivity index (χ2n) is 5.19. The van der Waals surface area contributed by atoms with Crippen LogP contribution in [-0.4, -0.2) is 16.7 Å². The molecule has 0 saturated heterocycles. The number of aromatic nitrogens is 2. The van der Waals surface area contributed by atoms with Crippen molar-refractivity contribution >= 4 is 5.82 Å². The maximum absolute atomic E-state index is 12.2. The van der Waals surface area contributed by atoms with Gasteiger partial charge in [0, 0.05) is 32.1 Å². The number of anilines is 1. The molecule has 1 N–H and O–H groups in total. The molecule has 112 valence electrons. The molecule has 21 heavy (non-hydrogen) atoms. The quantitative estimate of drug-likeness (QED) is 0.887. The molecule has 0 bridgehead atoms. The lowest BCUT2D eigenvalue weighted by Crippen LogP contribution is -2.25. The van der Waals surface area contributed by atoms with Gasteiger partial charge in [0.2, 0.25) is 0 Å². The minimum absolute atomic E-state index is 0.0967. The maximum Gasteiger partial charge on any atom is 0.293 e. The summed E-state index contributed by atoms with van der Waals surface area (Å²) < 4.78 is 6.78. The molecule has 0 saturated carbocycles. The van der Waals surface area contributed by atoms with Gasteiger partial charge in [-0.2, -0.15) is 0 Å². The number of nitrogens with one attached hydrogen (secondary N) is 1. The Morgan fingerprint density at radius 1 is 1.33 bits per heavy atom. The average Bonchev–Trinajstić information content (AvgIpc) is 2.46. The molecule has 0 fully saturated rings. The molecule has 0 radical (unpaired) electrons. The van der Waals surface area contributed by atoms with Crippen molar-refractivity contribution in [1.29, 1.82) is 0 Å². The molecule has 5 nitrogen and oxygen atoms in total. The zero-order chi connectivity index (χ0) is 15.2. The molecule has 0 unspecified atom stereocenters. The summed E-state index contributed by atoms with van der Waals surface area (Å²) in [7, 11) is 1.67. The van der Waals surface area contributed by atoms with Crippen LogP contribution in [0, 0.1) is 0 Å². The minimum atomic E-state index is -0.0967. The molecule has 2 rings (SSSR count). The highest BCUT2D eigenvalue weighted by Gasteiger charge is 2.06. The Kier molecular flexibility index (Phi) is 5.11. The van der Waals surface area contributed by atoms with Gasteiger partial charge in [0.25, 0.3) is 5.56 Å². The van der Waals surface area contributed by atoms with Crippen LogP contribution in [0.3, 0.4) is 0 Å². The molecule has 0 aliphatic carbocycles. The first-order valence-electron chi connectivity index (χ1n) is 6.99. The van der Waals surface area contributed by atoms with Crippen LogP contribution in [0.2, 0.25) is 0 Å². The highest BCUT2D eigenvalue weighted by molar-refractivity contribution is 5.34. The van der Waals surface area contributed by atoms with Gasteiger partial charge in [-0.15, -0.1) is 0 Å². The second-order valence-corrected chi connectivity index (χ2v) is 5.19. The fraction of sp³-hybridized carbons (Fsp3) is 0.375. The SMILES string of the molecule is COCc1cccc(CNc2nccn(C(C)C)c2=O)c1. The Balaban J connectivity index is 2.11. The lowest BCUT2D eigenvalue weighted by molar-refractivity contribution is 0.185. The number of nitrogens with zero attached hydrogens (tertiary/aromatic N) is 2. The number of rotatable bonds is 6. The van der Waals surface area contributed by atoms with Crippen molar-refractivity contribution in [3.8, 4) is 0 Å². The Morgan fingerprint density at radius 2 is 2.10 bits per heavy atom. The van der Waals surface area contributed by atoms with E-state index in [2.05, 4.69) is 16.4 Å². The summed E-state index contributed by atoms with van der Waals surface area (Å²) in [4.78, 5) is 16.3. The van der Waals surface area contributed by atoms with Crippen LogP contribution < -0.4 is 10.9 Å². The zero-order valence-electron chi connectivity index (χ0n) is 12.7. The van der Waals surface area contributed by atoms with E-state index >= 15 is 0 Å². The van der Waals surface area contributed by atoms with E-state index in [1.54, 1.807) is 24.1 Å². The Morgan fingerprint density at radius 3 is 2.81 bits per heavy atom. The van der Waals surface area contributed by atoms with Crippen molar-refractivity contribution in [2.75, 3.05) is 12.4 Å². The maximum atomic E-state index is 12.2. The van der Waals surface area contributed by atoms with E-state index in [-0.39, 0.29) is 11.6 Å². The van der Waals surface area contributed by atoms with Crippen LogP contribution in [0.15, 0.2) is 41.5 Å². The van der Waals surface area contributed by atoms with E-state index in [1.165, 1.54) is 0 Å². The molecule has 0 atom stereocenters. The van der Waals surface area contributed by atoms with Crippen molar-refractivity contribution in [3.05, 3.63) is 58.1 Å². The first kappa shape index (κ1) is 15.3. The predicted molar refractivity (Wildman–Crippen MR) is 83.4 cm³/mol. The van der Waals surface area contributed by atoms with E-state index in [0.29, 0.717) is 19.0 Å². The van der Waals surface area contributed by atoms with Crippen LogP contribution in [0.5, 0.6) is 0 Å². The van der Waals surface area contributed by atoms with Crippen LogP contribution in [0.25, 0.3) is 0 Å². The summed E-state index contributed by atoms with van der Waals surface area (Å²) in [6, 6.07) is 8.18. The fourth-order valence-electron chi connectivity index (χ4n) is 2.13. The van der Waals surface area contributed by atoms with Crippen molar-refractivity contribution in [1.82, 2.24) is 9.55 Å². The molecule has 0 amide bonds. The topological polar surface area (TPSA) is 56.1 Å². The monoisotopic (exact) mass is 287 g/mol. The van der Waals surface area contributed by atoms with E-state index in [0.717, 1.165) is 11.1 Å². The first-order valence-corrected chi connectivity index (χ1v) is 6.99. The van der Waals surface area contributed by atoms with Crippen molar-refractivity contribution < 1.29 is 4.74 Å². The summed E-state index contributed by atoms with van der Waals surface area (Å²) in [5.74, 6) is 0.378. The summed E-state index contributed by atoms with van der Waals surface area (Å²) >= 11 is 0. The average molecular weight is 287 g/mol. The highest BCUT2D eigenvalue weighted by atomic mass is 16.5.